The lowest BCUT2D eigenvalue weighted by Gasteiger charge is -2.22. The third-order valence-electron chi connectivity index (χ3n) is 3.79. The van der Waals surface area contributed by atoms with Crippen molar-refractivity contribution < 1.29 is 10.2 Å². The smallest absolute Gasteiger partial charge is 0.0938 e. The van der Waals surface area contributed by atoms with Gasteiger partial charge in [0.1, 0.15) is 0 Å². The van der Waals surface area contributed by atoms with E-state index in [0.29, 0.717) is 19.1 Å². The van der Waals surface area contributed by atoms with E-state index in [9.17, 15) is 10.2 Å². The average molecular weight is 343 g/mol. The minimum Gasteiger partial charge on any atom is -0.389 e. The molecule has 4 nitrogen and oxygen atoms in total. The molecule has 20 heavy (non-hydrogen) atoms. The van der Waals surface area contributed by atoms with Crippen LogP contribution < -0.4 is 5.32 Å². The number of β-amino-alcohol motifs (C(OH)–C–C–N with tert-alkyl or cyclic N) is 2. The summed E-state index contributed by atoms with van der Waals surface area (Å²) in [5, 5.41) is 22.6. The van der Waals surface area contributed by atoms with Gasteiger partial charge in [-0.2, -0.15) is 0 Å². The summed E-state index contributed by atoms with van der Waals surface area (Å²) in [7, 11) is 0. The first kappa shape index (κ1) is 15.9. The maximum Gasteiger partial charge on any atom is 0.0938 e. The Balaban J connectivity index is 1.91. The monoisotopic (exact) mass is 342 g/mol. The first-order chi connectivity index (χ1) is 9.60. The molecule has 3 N–H and O–H groups in total. The summed E-state index contributed by atoms with van der Waals surface area (Å²) >= 11 is 3.46. The van der Waals surface area contributed by atoms with Crippen molar-refractivity contribution in [3.63, 3.8) is 0 Å². The van der Waals surface area contributed by atoms with Gasteiger partial charge in [-0.25, -0.2) is 0 Å². The maximum atomic E-state index is 9.57. The van der Waals surface area contributed by atoms with Gasteiger partial charge in [0, 0.05) is 30.1 Å². The van der Waals surface area contributed by atoms with Gasteiger partial charge < -0.3 is 15.5 Å². The summed E-state index contributed by atoms with van der Waals surface area (Å²) in [6, 6.07) is 8.69. The van der Waals surface area contributed by atoms with Crippen molar-refractivity contribution in [3.05, 3.63) is 34.3 Å². The van der Waals surface area contributed by atoms with Gasteiger partial charge >= 0.3 is 0 Å². The summed E-state index contributed by atoms with van der Waals surface area (Å²) in [5.41, 5.74) is 1.27. The molecule has 0 saturated carbocycles. The Hall–Kier alpha value is -0.460. The highest BCUT2D eigenvalue weighted by atomic mass is 79.9. The Labute approximate surface area is 128 Å². The molecule has 0 aromatic heterocycles. The Morgan fingerprint density at radius 2 is 1.85 bits per heavy atom. The molecule has 2 rings (SSSR count). The SMILES string of the molecule is CCNC(CCN1CC(O)C(O)C1)c1ccc(Br)cc1. The largest absolute Gasteiger partial charge is 0.389 e. The molecule has 1 aliphatic rings. The van der Waals surface area contributed by atoms with Crippen LogP contribution in [-0.2, 0) is 0 Å². The van der Waals surface area contributed by atoms with Crippen molar-refractivity contribution in [2.45, 2.75) is 31.6 Å². The van der Waals surface area contributed by atoms with Crippen LogP contribution in [0.25, 0.3) is 0 Å². The van der Waals surface area contributed by atoms with E-state index in [2.05, 4.69) is 57.3 Å². The number of nitrogens with zero attached hydrogens (tertiary/aromatic N) is 1. The number of halogens is 1. The van der Waals surface area contributed by atoms with Gasteiger partial charge in [0.25, 0.3) is 0 Å². The van der Waals surface area contributed by atoms with E-state index in [4.69, 9.17) is 0 Å². The number of hydrogen-bond donors (Lipinski definition) is 3. The molecule has 3 atom stereocenters. The van der Waals surface area contributed by atoms with Crippen molar-refractivity contribution in [3.8, 4) is 0 Å². The molecule has 0 aliphatic carbocycles. The van der Waals surface area contributed by atoms with Crippen LogP contribution in [0.4, 0.5) is 0 Å². The van der Waals surface area contributed by atoms with Crippen LogP contribution in [0, 0.1) is 0 Å². The van der Waals surface area contributed by atoms with E-state index in [1.165, 1.54) is 5.56 Å². The maximum absolute atomic E-state index is 9.57. The summed E-state index contributed by atoms with van der Waals surface area (Å²) in [5.74, 6) is 0. The molecular formula is C15H23BrN2O2. The van der Waals surface area contributed by atoms with Gasteiger partial charge in [-0.15, -0.1) is 0 Å². The van der Waals surface area contributed by atoms with E-state index in [0.717, 1.165) is 24.0 Å². The van der Waals surface area contributed by atoms with Crippen molar-refractivity contribution in [2.75, 3.05) is 26.2 Å². The number of likely N-dealkylation sites (tertiary alicyclic amines) is 1. The fraction of sp³-hybridized carbons (Fsp3) is 0.600. The predicted octanol–water partition coefficient (Wildman–Crippen LogP) is 1.53. The zero-order valence-corrected chi connectivity index (χ0v) is 13.4. The molecule has 0 radical (unpaired) electrons. The first-order valence-corrected chi connectivity index (χ1v) is 7.96. The summed E-state index contributed by atoms with van der Waals surface area (Å²) in [4.78, 5) is 2.12. The minimum atomic E-state index is -0.597. The number of benzene rings is 1. The van der Waals surface area contributed by atoms with E-state index < -0.39 is 12.2 Å². The van der Waals surface area contributed by atoms with E-state index >= 15 is 0 Å². The standard InChI is InChI=1S/C15H23BrN2O2/c1-2-17-13(11-3-5-12(16)6-4-11)7-8-18-9-14(19)15(20)10-18/h3-6,13-15,17,19-20H,2,7-10H2,1H3. The normalized spacial score (nSPS) is 25.0. The first-order valence-electron chi connectivity index (χ1n) is 7.17. The van der Waals surface area contributed by atoms with Crippen molar-refractivity contribution in [2.24, 2.45) is 0 Å². The summed E-state index contributed by atoms with van der Waals surface area (Å²) in [6.07, 6.45) is -0.227. The number of rotatable bonds is 6. The third kappa shape index (κ3) is 4.27. The molecule has 1 aromatic rings. The van der Waals surface area contributed by atoms with E-state index in [-0.39, 0.29) is 0 Å². The zero-order chi connectivity index (χ0) is 14.5. The van der Waals surface area contributed by atoms with Gasteiger partial charge in [-0.05, 0) is 30.7 Å². The molecule has 0 spiro atoms. The van der Waals surface area contributed by atoms with Crippen LogP contribution in [0.5, 0.6) is 0 Å². The van der Waals surface area contributed by atoms with Crippen LogP contribution >= 0.6 is 15.9 Å². The highest BCUT2D eigenvalue weighted by Crippen LogP contribution is 2.21. The van der Waals surface area contributed by atoms with Crippen LogP contribution in [0.1, 0.15) is 24.9 Å². The highest BCUT2D eigenvalue weighted by Gasteiger charge is 2.29. The molecule has 1 fully saturated rings. The van der Waals surface area contributed by atoms with Crippen LogP contribution in [0.3, 0.4) is 0 Å². The van der Waals surface area contributed by atoms with Gasteiger partial charge in [-0.1, -0.05) is 35.0 Å². The van der Waals surface area contributed by atoms with Gasteiger partial charge in [0.2, 0.25) is 0 Å². The Morgan fingerprint density at radius 1 is 1.25 bits per heavy atom. The Kier molecular flexibility index (Phi) is 5.99. The second kappa shape index (κ2) is 7.52. The molecule has 1 saturated heterocycles. The zero-order valence-electron chi connectivity index (χ0n) is 11.8. The van der Waals surface area contributed by atoms with Crippen molar-refractivity contribution in [1.29, 1.82) is 0 Å². The van der Waals surface area contributed by atoms with Crippen molar-refractivity contribution >= 4 is 15.9 Å². The quantitative estimate of drug-likeness (QED) is 0.733. The second-order valence-electron chi connectivity index (χ2n) is 5.34. The van der Waals surface area contributed by atoms with Crippen molar-refractivity contribution in [1.82, 2.24) is 10.2 Å². The van der Waals surface area contributed by atoms with Crippen LogP contribution in [0.15, 0.2) is 28.7 Å². The molecular weight excluding hydrogens is 320 g/mol. The molecule has 0 bridgehead atoms. The Bertz CT molecular complexity index is 403. The summed E-state index contributed by atoms with van der Waals surface area (Å²) in [6.45, 7) is 5.05. The van der Waals surface area contributed by atoms with Gasteiger partial charge in [0.05, 0.1) is 12.2 Å². The van der Waals surface area contributed by atoms with E-state index in [1.54, 1.807) is 0 Å². The molecule has 0 amide bonds. The molecule has 1 aliphatic heterocycles. The fourth-order valence-corrected chi connectivity index (χ4v) is 2.93. The lowest BCUT2D eigenvalue weighted by atomic mass is 10.0. The van der Waals surface area contributed by atoms with Crippen LogP contribution in [-0.4, -0.2) is 53.5 Å². The topological polar surface area (TPSA) is 55.7 Å². The molecule has 5 heteroatoms. The second-order valence-corrected chi connectivity index (χ2v) is 6.26. The Morgan fingerprint density at radius 3 is 2.40 bits per heavy atom. The lowest BCUT2D eigenvalue weighted by molar-refractivity contribution is 0.0572. The van der Waals surface area contributed by atoms with Crippen LogP contribution in [0.2, 0.25) is 0 Å². The lowest BCUT2D eigenvalue weighted by Crippen LogP contribution is -2.29. The predicted molar refractivity (Wildman–Crippen MR) is 83.6 cm³/mol. The molecule has 1 heterocycles. The minimum absolute atomic E-state index is 0.308. The number of hydrogen-bond acceptors (Lipinski definition) is 4. The third-order valence-corrected chi connectivity index (χ3v) is 4.32. The number of nitrogens with one attached hydrogen (secondary N) is 1. The molecule has 3 unspecified atom stereocenters. The number of aliphatic hydroxyl groups excluding tert-OH is 2. The fourth-order valence-electron chi connectivity index (χ4n) is 2.67. The molecule has 112 valence electrons. The van der Waals surface area contributed by atoms with Gasteiger partial charge in [-0.3, -0.25) is 4.90 Å². The molecule has 1 aromatic carbocycles. The summed E-state index contributed by atoms with van der Waals surface area (Å²) < 4.78 is 1.09. The van der Waals surface area contributed by atoms with E-state index in [1.807, 2.05) is 0 Å². The highest BCUT2D eigenvalue weighted by molar-refractivity contribution is 9.10. The van der Waals surface area contributed by atoms with Gasteiger partial charge in [0.15, 0.2) is 0 Å². The average Bonchev–Trinajstić information content (AvgIpc) is 2.75. The number of aliphatic hydroxyl groups is 2.